The van der Waals surface area contributed by atoms with E-state index in [4.69, 9.17) is 0 Å². The quantitative estimate of drug-likeness (QED) is 0.509. The maximum Gasteiger partial charge on any atom is 0.191 e. The standard InChI is InChI=1S/C24H34N4O2S/c1-19-13-16-28(17-14-19)22-8-4-21(5-9-22)18-27-24(25-2)26-15-12-20-6-10-23(11-7-20)31(3,29)30/h4-11,19H,12-18H2,1-3H3,(H2,25,26,27). The highest BCUT2D eigenvalue weighted by Gasteiger charge is 2.15. The molecule has 168 valence electrons. The Labute approximate surface area is 186 Å². The molecule has 0 saturated carbocycles. The zero-order valence-electron chi connectivity index (χ0n) is 18.8. The SMILES string of the molecule is CN=C(NCCc1ccc(S(C)(=O)=O)cc1)NCc1ccc(N2CCC(C)CC2)cc1. The number of hydrogen-bond acceptors (Lipinski definition) is 4. The highest BCUT2D eigenvalue weighted by Crippen LogP contribution is 2.23. The van der Waals surface area contributed by atoms with Gasteiger partial charge < -0.3 is 15.5 Å². The van der Waals surface area contributed by atoms with Gasteiger partial charge in [0.15, 0.2) is 15.8 Å². The van der Waals surface area contributed by atoms with Crippen LogP contribution in [0.25, 0.3) is 0 Å². The van der Waals surface area contributed by atoms with Gasteiger partial charge in [-0.2, -0.15) is 0 Å². The minimum Gasteiger partial charge on any atom is -0.372 e. The van der Waals surface area contributed by atoms with Crippen molar-refractivity contribution < 1.29 is 8.42 Å². The third-order valence-corrected chi connectivity index (χ3v) is 6.95. The van der Waals surface area contributed by atoms with E-state index in [1.54, 1.807) is 19.2 Å². The van der Waals surface area contributed by atoms with Crippen LogP contribution in [0.4, 0.5) is 5.69 Å². The van der Waals surface area contributed by atoms with Gasteiger partial charge in [-0.3, -0.25) is 4.99 Å². The summed E-state index contributed by atoms with van der Waals surface area (Å²) in [5.74, 6) is 1.59. The molecule has 0 aliphatic carbocycles. The van der Waals surface area contributed by atoms with Gasteiger partial charge in [-0.25, -0.2) is 8.42 Å². The van der Waals surface area contributed by atoms with Crippen LogP contribution in [0.5, 0.6) is 0 Å². The predicted octanol–water partition coefficient (Wildman–Crippen LogP) is 3.23. The van der Waals surface area contributed by atoms with Crippen molar-refractivity contribution >= 4 is 21.5 Å². The van der Waals surface area contributed by atoms with Crippen LogP contribution >= 0.6 is 0 Å². The van der Waals surface area contributed by atoms with E-state index in [0.29, 0.717) is 18.0 Å². The van der Waals surface area contributed by atoms with Crippen molar-refractivity contribution in [1.29, 1.82) is 0 Å². The lowest BCUT2D eigenvalue weighted by atomic mass is 9.99. The van der Waals surface area contributed by atoms with E-state index >= 15 is 0 Å². The molecular weight excluding hydrogens is 408 g/mol. The molecule has 31 heavy (non-hydrogen) atoms. The number of nitrogens with zero attached hydrogens (tertiary/aromatic N) is 2. The van der Waals surface area contributed by atoms with E-state index in [2.05, 4.69) is 51.7 Å². The Bertz CT molecular complexity index is 962. The summed E-state index contributed by atoms with van der Waals surface area (Å²) < 4.78 is 23.1. The van der Waals surface area contributed by atoms with Crippen molar-refractivity contribution in [2.45, 2.75) is 37.6 Å². The van der Waals surface area contributed by atoms with E-state index < -0.39 is 9.84 Å². The fourth-order valence-electron chi connectivity index (χ4n) is 3.73. The molecule has 1 saturated heterocycles. The topological polar surface area (TPSA) is 73.8 Å². The molecule has 2 aromatic rings. The molecule has 1 aliphatic rings. The molecular formula is C24H34N4O2S. The predicted molar refractivity (Wildman–Crippen MR) is 129 cm³/mol. The molecule has 0 aromatic heterocycles. The maximum atomic E-state index is 11.5. The number of hydrogen-bond donors (Lipinski definition) is 2. The number of benzene rings is 2. The molecule has 0 atom stereocenters. The monoisotopic (exact) mass is 442 g/mol. The average molecular weight is 443 g/mol. The zero-order valence-corrected chi connectivity index (χ0v) is 19.6. The molecule has 0 radical (unpaired) electrons. The molecule has 0 unspecified atom stereocenters. The van der Waals surface area contributed by atoms with Crippen molar-refractivity contribution in [2.24, 2.45) is 10.9 Å². The van der Waals surface area contributed by atoms with Crippen LogP contribution < -0.4 is 15.5 Å². The molecule has 2 N–H and O–H groups in total. The van der Waals surface area contributed by atoms with Crippen molar-refractivity contribution in [3.8, 4) is 0 Å². The third-order valence-electron chi connectivity index (χ3n) is 5.83. The number of aliphatic imine (C=N–C) groups is 1. The minimum atomic E-state index is -3.15. The van der Waals surface area contributed by atoms with Crippen molar-refractivity contribution in [3.63, 3.8) is 0 Å². The molecule has 6 nitrogen and oxygen atoms in total. The number of sulfone groups is 1. The van der Waals surface area contributed by atoms with Gasteiger partial charge in [0.05, 0.1) is 4.90 Å². The van der Waals surface area contributed by atoms with Gasteiger partial charge in [0, 0.05) is 45.2 Å². The van der Waals surface area contributed by atoms with Crippen LogP contribution in [0, 0.1) is 5.92 Å². The van der Waals surface area contributed by atoms with Crippen LogP contribution in [0.1, 0.15) is 30.9 Å². The van der Waals surface area contributed by atoms with E-state index in [0.717, 1.165) is 37.0 Å². The largest absolute Gasteiger partial charge is 0.372 e. The highest BCUT2D eigenvalue weighted by atomic mass is 32.2. The van der Waals surface area contributed by atoms with E-state index in [9.17, 15) is 8.42 Å². The summed E-state index contributed by atoms with van der Waals surface area (Å²) in [6.07, 6.45) is 4.55. The molecule has 7 heteroatoms. The first-order chi connectivity index (χ1) is 14.8. The van der Waals surface area contributed by atoms with Crippen LogP contribution in [0.2, 0.25) is 0 Å². The number of rotatable bonds is 7. The van der Waals surface area contributed by atoms with Gasteiger partial charge in [-0.15, -0.1) is 0 Å². The van der Waals surface area contributed by atoms with Crippen LogP contribution in [0.3, 0.4) is 0 Å². The third kappa shape index (κ3) is 6.99. The zero-order chi connectivity index (χ0) is 22.3. The molecule has 2 aromatic carbocycles. The minimum absolute atomic E-state index is 0.350. The van der Waals surface area contributed by atoms with Gasteiger partial charge in [0.1, 0.15) is 0 Å². The summed E-state index contributed by atoms with van der Waals surface area (Å²) in [5.41, 5.74) is 3.60. The Morgan fingerprint density at radius 1 is 1.00 bits per heavy atom. The molecule has 1 fully saturated rings. The second kappa shape index (κ2) is 10.7. The number of nitrogens with one attached hydrogen (secondary N) is 2. The Balaban J connectivity index is 1.43. The second-order valence-corrected chi connectivity index (χ2v) is 10.4. The Morgan fingerprint density at radius 2 is 1.61 bits per heavy atom. The van der Waals surface area contributed by atoms with Gasteiger partial charge in [-0.05, 0) is 60.6 Å². The Kier molecular flexibility index (Phi) is 7.96. The van der Waals surface area contributed by atoms with E-state index in [-0.39, 0.29) is 0 Å². The Hall–Kier alpha value is -2.54. The summed E-state index contributed by atoms with van der Waals surface area (Å²) >= 11 is 0. The first kappa shape index (κ1) is 23.1. The summed E-state index contributed by atoms with van der Waals surface area (Å²) in [5, 5.41) is 6.66. The van der Waals surface area contributed by atoms with Gasteiger partial charge >= 0.3 is 0 Å². The molecule has 3 rings (SSSR count). The van der Waals surface area contributed by atoms with Crippen LogP contribution in [-0.4, -0.2) is 47.3 Å². The summed E-state index contributed by atoms with van der Waals surface area (Å²) in [6, 6.07) is 15.8. The number of guanidine groups is 1. The van der Waals surface area contributed by atoms with Crippen molar-refractivity contribution in [3.05, 3.63) is 59.7 Å². The summed E-state index contributed by atoms with van der Waals surface area (Å²) in [6.45, 7) is 6.05. The first-order valence-corrected chi connectivity index (χ1v) is 12.8. The normalized spacial score (nSPS) is 15.7. The van der Waals surface area contributed by atoms with Gasteiger partial charge in [-0.1, -0.05) is 31.2 Å². The van der Waals surface area contributed by atoms with Crippen molar-refractivity contribution in [2.75, 3.05) is 37.8 Å². The highest BCUT2D eigenvalue weighted by molar-refractivity contribution is 7.90. The smallest absolute Gasteiger partial charge is 0.191 e. The fourth-order valence-corrected chi connectivity index (χ4v) is 4.36. The van der Waals surface area contributed by atoms with Gasteiger partial charge in [0.25, 0.3) is 0 Å². The molecule has 0 spiro atoms. The molecule has 0 bridgehead atoms. The van der Waals surface area contributed by atoms with Gasteiger partial charge in [0.2, 0.25) is 0 Å². The lowest BCUT2D eigenvalue weighted by Gasteiger charge is -2.32. The van der Waals surface area contributed by atoms with Crippen LogP contribution in [0.15, 0.2) is 58.4 Å². The Morgan fingerprint density at radius 3 is 2.19 bits per heavy atom. The molecule has 1 aliphatic heterocycles. The van der Waals surface area contributed by atoms with E-state index in [1.165, 1.54) is 30.3 Å². The average Bonchev–Trinajstić information content (AvgIpc) is 2.77. The molecule has 0 amide bonds. The first-order valence-electron chi connectivity index (χ1n) is 10.9. The maximum absolute atomic E-state index is 11.5. The lowest BCUT2D eigenvalue weighted by molar-refractivity contribution is 0.438. The molecule has 1 heterocycles. The van der Waals surface area contributed by atoms with Crippen molar-refractivity contribution in [1.82, 2.24) is 10.6 Å². The lowest BCUT2D eigenvalue weighted by Crippen LogP contribution is -2.37. The van der Waals surface area contributed by atoms with E-state index in [1.807, 2.05) is 12.1 Å². The number of piperidine rings is 1. The fraction of sp³-hybridized carbons (Fsp3) is 0.458. The number of anilines is 1. The van der Waals surface area contributed by atoms with Crippen LogP contribution in [-0.2, 0) is 22.8 Å². The summed E-state index contributed by atoms with van der Waals surface area (Å²) in [7, 11) is -1.39. The summed E-state index contributed by atoms with van der Waals surface area (Å²) in [4.78, 5) is 7.11. The second-order valence-electron chi connectivity index (χ2n) is 8.35.